The van der Waals surface area contributed by atoms with E-state index in [0.29, 0.717) is 24.4 Å². The standard InChI is InChI=1S/C17H32N2O2/c1-13(2)19-11-15(9-17(20)21-3)8-16(12-19)18-10-14-6-4-5-7-14/h13-16,18H,4-12H2,1-3H3. The Balaban J connectivity index is 1.84. The quantitative estimate of drug-likeness (QED) is 0.764. The van der Waals surface area contributed by atoms with Gasteiger partial charge in [0.15, 0.2) is 0 Å². The van der Waals surface area contributed by atoms with E-state index in [1.54, 1.807) is 0 Å². The number of hydrogen-bond acceptors (Lipinski definition) is 4. The van der Waals surface area contributed by atoms with Gasteiger partial charge in [-0.3, -0.25) is 9.69 Å². The van der Waals surface area contributed by atoms with Gasteiger partial charge < -0.3 is 10.1 Å². The van der Waals surface area contributed by atoms with E-state index in [1.165, 1.54) is 32.8 Å². The fourth-order valence-corrected chi connectivity index (χ4v) is 3.82. The predicted molar refractivity (Wildman–Crippen MR) is 85.2 cm³/mol. The minimum absolute atomic E-state index is 0.0693. The second kappa shape index (κ2) is 8.14. The number of nitrogens with zero attached hydrogens (tertiary/aromatic N) is 1. The SMILES string of the molecule is COC(=O)CC1CC(NCC2CCCC2)CN(C(C)C)C1. The molecule has 1 aliphatic carbocycles. The molecule has 1 saturated heterocycles. The molecule has 0 amide bonds. The van der Waals surface area contributed by atoms with Crippen LogP contribution in [0.5, 0.6) is 0 Å². The van der Waals surface area contributed by atoms with Crippen LogP contribution in [0.25, 0.3) is 0 Å². The molecule has 0 bridgehead atoms. The largest absolute Gasteiger partial charge is 0.469 e. The Bertz CT molecular complexity index is 327. The van der Waals surface area contributed by atoms with Gasteiger partial charge in [-0.2, -0.15) is 0 Å². The normalized spacial score (nSPS) is 28.2. The molecule has 2 aliphatic rings. The molecule has 1 saturated carbocycles. The number of likely N-dealkylation sites (tertiary alicyclic amines) is 1. The molecule has 1 N–H and O–H groups in total. The molecule has 1 aliphatic heterocycles. The third-order valence-electron chi connectivity index (χ3n) is 5.15. The second-order valence-electron chi connectivity index (χ2n) is 7.19. The Morgan fingerprint density at radius 1 is 1.24 bits per heavy atom. The van der Waals surface area contributed by atoms with Gasteiger partial charge in [-0.1, -0.05) is 12.8 Å². The Kier molecular flexibility index (Phi) is 6.49. The highest BCUT2D eigenvalue weighted by atomic mass is 16.5. The van der Waals surface area contributed by atoms with Gasteiger partial charge in [0.2, 0.25) is 0 Å². The fourth-order valence-electron chi connectivity index (χ4n) is 3.82. The van der Waals surface area contributed by atoms with Crippen molar-refractivity contribution in [3.05, 3.63) is 0 Å². The monoisotopic (exact) mass is 296 g/mol. The molecule has 21 heavy (non-hydrogen) atoms. The van der Waals surface area contributed by atoms with Crippen LogP contribution in [0.2, 0.25) is 0 Å². The summed E-state index contributed by atoms with van der Waals surface area (Å²) < 4.78 is 4.85. The van der Waals surface area contributed by atoms with Gasteiger partial charge in [0.05, 0.1) is 7.11 Å². The number of hydrogen-bond donors (Lipinski definition) is 1. The van der Waals surface area contributed by atoms with Crippen LogP contribution in [0.15, 0.2) is 0 Å². The van der Waals surface area contributed by atoms with E-state index in [1.807, 2.05) is 0 Å². The van der Waals surface area contributed by atoms with Gasteiger partial charge >= 0.3 is 5.97 Å². The summed E-state index contributed by atoms with van der Waals surface area (Å²) in [7, 11) is 1.49. The summed E-state index contributed by atoms with van der Waals surface area (Å²) in [4.78, 5) is 14.1. The van der Waals surface area contributed by atoms with Crippen molar-refractivity contribution in [2.75, 3.05) is 26.7 Å². The van der Waals surface area contributed by atoms with Crippen LogP contribution in [0.1, 0.15) is 52.4 Å². The average Bonchev–Trinajstić information content (AvgIpc) is 2.98. The number of ether oxygens (including phenoxy) is 1. The molecule has 2 atom stereocenters. The van der Waals surface area contributed by atoms with Crippen LogP contribution in [0.4, 0.5) is 0 Å². The summed E-state index contributed by atoms with van der Waals surface area (Å²) in [5.41, 5.74) is 0. The zero-order valence-corrected chi connectivity index (χ0v) is 13.9. The Morgan fingerprint density at radius 3 is 2.57 bits per heavy atom. The number of piperidine rings is 1. The Labute approximate surface area is 129 Å². The first-order valence-electron chi connectivity index (χ1n) is 8.62. The molecule has 0 spiro atoms. The number of carbonyl (C=O) groups excluding carboxylic acids is 1. The van der Waals surface area contributed by atoms with E-state index in [-0.39, 0.29) is 5.97 Å². The topological polar surface area (TPSA) is 41.6 Å². The minimum Gasteiger partial charge on any atom is -0.469 e. The Morgan fingerprint density at radius 2 is 1.95 bits per heavy atom. The number of carbonyl (C=O) groups is 1. The second-order valence-corrected chi connectivity index (χ2v) is 7.19. The van der Waals surface area contributed by atoms with Crippen molar-refractivity contribution < 1.29 is 9.53 Å². The van der Waals surface area contributed by atoms with Gasteiger partial charge in [-0.15, -0.1) is 0 Å². The van der Waals surface area contributed by atoms with Crippen LogP contribution in [0, 0.1) is 11.8 Å². The molecule has 4 nitrogen and oxygen atoms in total. The molecule has 0 aromatic rings. The van der Waals surface area contributed by atoms with Crippen LogP contribution in [-0.2, 0) is 9.53 Å². The lowest BCUT2D eigenvalue weighted by Gasteiger charge is -2.40. The van der Waals surface area contributed by atoms with Crippen molar-refractivity contribution in [1.29, 1.82) is 0 Å². The molecular weight excluding hydrogens is 264 g/mol. The van der Waals surface area contributed by atoms with E-state index in [2.05, 4.69) is 24.1 Å². The third-order valence-corrected chi connectivity index (χ3v) is 5.15. The highest BCUT2D eigenvalue weighted by Gasteiger charge is 2.30. The van der Waals surface area contributed by atoms with Crippen LogP contribution >= 0.6 is 0 Å². The average molecular weight is 296 g/mol. The summed E-state index contributed by atoms with van der Waals surface area (Å²) >= 11 is 0. The molecule has 0 aromatic heterocycles. The molecule has 0 radical (unpaired) electrons. The van der Waals surface area contributed by atoms with Gasteiger partial charge in [0.25, 0.3) is 0 Å². The van der Waals surface area contributed by atoms with Crippen molar-refractivity contribution in [3.8, 4) is 0 Å². The third kappa shape index (κ3) is 5.26. The summed E-state index contributed by atoms with van der Waals surface area (Å²) in [6.07, 6.45) is 7.24. The minimum atomic E-state index is -0.0693. The van der Waals surface area contributed by atoms with E-state index in [9.17, 15) is 4.79 Å². The van der Waals surface area contributed by atoms with E-state index < -0.39 is 0 Å². The van der Waals surface area contributed by atoms with Crippen molar-refractivity contribution in [3.63, 3.8) is 0 Å². The van der Waals surface area contributed by atoms with Crippen LogP contribution < -0.4 is 5.32 Å². The van der Waals surface area contributed by atoms with E-state index in [0.717, 1.165) is 32.0 Å². The van der Waals surface area contributed by atoms with Gasteiger partial charge in [-0.25, -0.2) is 0 Å². The smallest absolute Gasteiger partial charge is 0.305 e. The lowest BCUT2D eigenvalue weighted by Crippen LogP contribution is -2.52. The van der Waals surface area contributed by atoms with Crippen molar-refractivity contribution >= 4 is 5.97 Å². The van der Waals surface area contributed by atoms with Gasteiger partial charge in [0, 0.05) is 31.6 Å². The highest BCUT2D eigenvalue weighted by Crippen LogP contribution is 2.26. The first-order chi connectivity index (χ1) is 10.1. The van der Waals surface area contributed by atoms with Crippen LogP contribution in [0.3, 0.4) is 0 Å². The summed E-state index contributed by atoms with van der Waals surface area (Å²) in [6.45, 7) is 7.78. The lowest BCUT2D eigenvalue weighted by atomic mass is 9.90. The van der Waals surface area contributed by atoms with Crippen molar-refractivity contribution in [1.82, 2.24) is 10.2 Å². The number of nitrogens with one attached hydrogen (secondary N) is 1. The first-order valence-corrected chi connectivity index (χ1v) is 8.62. The molecule has 2 rings (SSSR count). The van der Waals surface area contributed by atoms with E-state index in [4.69, 9.17) is 4.74 Å². The molecule has 0 aromatic carbocycles. The molecule has 2 unspecified atom stereocenters. The van der Waals surface area contributed by atoms with Crippen molar-refractivity contribution in [2.24, 2.45) is 11.8 Å². The summed E-state index contributed by atoms with van der Waals surface area (Å²) in [6, 6.07) is 1.07. The first kappa shape index (κ1) is 16.8. The predicted octanol–water partition coefficient (Wildman–Crippen LogP) is 2.43. The fraction of sp³-hybridized carbons (Fsp3) is 0.941. The maximum absolute atomic E-state index is 11.6. The number of esters is 1. The zero-order valence-electron chi connectivity index (χ0n) is 13.9. The zero-order chi connectivity index (χ0) is 15.2. The number of rotatable bonds is 6. The molecule has 4 heteroatoms. The van der Waals surface area contributed by atoms with E-state index >= 15 is 0 Å². The summed E-state index contributed by atoms with van der Waals surface area (Å²) in [5.74, 6) is 1.23. The maximum Gasteiger partial charge on any atom is 0.305 e. The summed E-state index contributed by atoms with van der Waals surface area (Å²) in [5, 5.41) is 3.78. The molecule has 122 valence electrons. The molecule has 2 fully saturated rings. The van der Waals surface area contributed by atoms with Gasteiger partial charge in [-0.05, 0) is 51.5 Å². The maximum atomic E-state index is 11.6. The Hall–Kier alpha value is -0.610. The lowest BCUT2D eigenvalue weighted by molar-refractivity contribution is -0.142. The molecular formula is C17H32N2O2. The molecule has 1 heterocycles. The number of methoxy groups -OCH3 is 1. The van der Waals surface area contributed by atoms with Crippen molar-refractivity contribution in [2.45, 2.75) is 64.5 Å². The highest BCUT2D eigenvalue weighted by molar-refractivity contribution is 5.69. The van der Waals surface area contributed by atoms with Gasteiger partial charge in [0.1, 0.15) is 0 Å². The van der Waals surface area contributed by atoms with Crippen LogP contribution in [-0.4, -0.2) is 49.7 Å².